The lowest BCUT2D eigenvalue weighted by molar-refractivity contribution is -0.161. The van der Waals surface area contributed by atoms with Crippen LogP contribution in [0.25, 0.3) is 0 Å². The number of aliphatic hydroxyl groups is 2. The molecule has 302 valence electrons. The molecule has 0 aromatic heterocycles. The van der Waals surface area contributed by atoms with Gasteiger partial charge in [0.05, 0.1) is 18.8 Å². The Morgan fingerprint density at radius 2 is 1.43 bits per heavy atom. The zero-order chi connectivity index (χ0) is 39.2. The number of hydrogen-bond donors (Lipinski definition) is 4. The van der Waals surface area contributed by atoms with Gasteiger partial charge in [-0.1, -0.05) is 113 Å². The summed E-state index contributed by atoms with van der Waals surface area (Å²) in [7, 11) is -4.83. The number of phosphoric acid groups is 1. The Kier molecular flexibility index (Phi) is 28.0. The quantitative estimate of drug-likeness (QED) is 0.0231. The van der Waals surface area contributed by atoms with E-state index in [1.807, 2.05) is 0 Å². The highest BCUT2D eigenvalue weighted by Gasteiger charge is 2.39. The van der Waals surface area contributed by atoms with Gasteiger partial charge in [-0.05, 0) is 64.2 Å². The molecule has 11 nitrogen and oxygen atoms in total. The number of ketones is 1. The first-order chi connectivity index (χ1) is 25.5. The Labute approximate surface area is 317 Å². The molecule has 12 heteroatoms. The number of ether oxygens (including phenoxy) is 2. The molecule has 1 saturated carbocycles. The van der Waals surface area contributed by atoms with Gasteiger partial charge < -0.3 is 29.5 Å². The van der Waals surface area contributed by atoms with Crippen molar-refractivity contribution in [3.63, 3.8) is 0 Å². The summed E-state index contributed by atoms with van der Waals surface area (Å²) in [4.78, 5) is 55.5. The predicted molar refractivity (Wildman–Crippen MR) is 208 cm³/mol. The molecule has 1 aliphatic carbocycles. The van der Waals surface area contributed by atoms with Crippen molar-refractivity contribution in [1.29, 1.82) is 0 Å². The zero-order valence-corrected chi connectivity index (χ0v) is 33.0. The average Bonchev–Trinajstić information content (AvgIpc) is 3.38. The predicted octanol–water partition coefficient (Wildman–Crippen LogP) is 8.32. The van der Waals surface area contributed by atoms with E-state index in [0.717, 1.165) is 77.0 Å². The number of hydrogen-bond acceptors (Lipinski definition) is 9. The number of phosphoric ester groups is 1. The van der Waals surface area contributed by atoms with E-state index in [-0.39, 0.29) is 43.5 Å². The molecule has 0 aliphatic heterocycles. The summed E-state index contributed by atoms with van der Waals surface area (Å²) in [5.41, 5.74) is 0. The van der Waals surface area contributed by atoms with Gasteiger partial charge in [0.15, 0.2) is 6.10 Å². The molecule has 0 unspecified atom stereocenters. The van der Waals surface area contributed by atoms with E-state index in [1.165, 1.54) is 0 Å². The van der Waals surface area contributed by atoms with Gasteiger partial charge in [-0.15, -0.1) is 0 Å². The highest BCUT2D eigenvalue weighted by Crippen LogP contribution is 2.36. The van der Waals surface area contributed by atoms with Crippen molar-refractivity contribution in [1.82, 2.24) is 0 Å². The summed E-state index contributed by atoms with van der Waals surface area (Å²) < 4.78 is 26.3. The van der Waals surface area contributed by atoms with Crippen LogP contribution in [0.2, 0.25) is 0 Å². The third-order valence-electron chi connectivity index (χ3n) is 8.92. The van der Waals surface area contributed by atoms with Crippen molar-refractivity contribution in [3.8, 4) is 0 Å². The molecule has 0 amide bonds. The highest BCUT2D eigenvalue weighted by atomic mass is 31.2. The van der Waals surface area contributed by atoms with Gasteiger partial charge in [-0.3, -0.25) is 18.9 Å². The minimum Gasteiger partial charge on any atom is -0.462 e. The van der Waals surface area contributed by atoms with E-state index < -0.39 is 44.7 Å². The second-order valence-corrected chi connectivity index (χ2v) is 14.9. The molecule has 0 spiro atoms. The van der Waals surface area contributed by atoms with Crippen LogP contribution in [0.15, 0.2) is 60.8 Å². The number of esters is 2. The SMILES string of the molecule is CC/C=C\C/C=C\C/C=C\C/C=C\CCCCC(=O)O[C@H](COC(=O)CCCCCC[C@H]1C(=O)C[C@@H](O)[C@@H]1/C=C/[C@@H](O)CCCCC)COP(=O)(O)O. The molecule has 53 heavy (non-hydrogen) atoms. The summed E-state index contributed by atoms with van der Waals surface area (Å²) in [6.07, 6.45) is 31.4. The number of Topliss-reactive ketones (excluding diaryl/α,β-unsaturated/α-hetero) is 1. The second-order valence-electron chi connectivity index (χ2n) is 13.7. The topological polar surface area (TPSA) is 177 Å². The van der Waals surface area contributed by atoms with E-state index in [1.54, 1.807) is 12.2 Å². The van der Waals surface area contributed by atoms with Gasteiger partial charge in [-0.2, -0.15) is 0 Å². The summed E-state index contributed by atoms with van der Waals surface area (Å²) in [5, 5.41) is 20.6. The molecule has 1 rings (SSSR count). The van der Waals surface area contributed by atoms with Crippen LogP contribution in [0.5, 0.6) is 0 Å². The van der Waals surface area contributed by atoms with Crippen LogP contribution in [-0.4, -0.2) is 69.2 Å². The number of unbranched alkanes of at least 4 members (excludes halogenated alkanes) is 7. The summed E-state index contributed by atoms with van der Waals surface area (Å²) in [6.45, 7) is 3.21. The minimum absolute atomic E-state index is 0.0380. The van der Waals surface area contributed by atoms with Crippen molar-refractivity contribution >= 4 is 25.5 Å². The molecule has 0 aromatic rings. The molecule has 1 aliphatic rings. The first-order valence-corrected chi connectivity index (χ1v) is 21.2. The number of carbonyl (C=O) groups is 3. The standard InChI is InChI=1S/C41H67O11P/c1-3-5-7-8-9-10-11-12-13-14-15-16-17-18-24-28-41(46)52-35(33-51-53(47,48)49)32-50-40(45)27-23-20-19-22-26-36-37(39(44)31-38(36)43)30-29-34(42)25-21-6-4-2/h5,7,9-10,12-13,15-16,29-30,34-37,39,42,44H,3-4,6,8,11,14,17-28,31-33H2,1-2H3,(H2,47,48,49)/b7-5-,10-9-,13-12-,16-15-,30-29+/t34-,35+,36+,37+,39+/m0/s1. The number of allylic oxidation sites excluding steroid dienone is 8. The van der Waals surface area contributed by atoms with E-state index in [9.17, 15) is 29.2 Å². The van der Waals surface area contributed by atoms with Crippen LogP contribution in [0, 0.1) is 11.8 Å². The summed E-state index contributed by atoms with van der Waals surface area (Å²) in [6, 6.07) is 0. The molecular weight excluding hydrogens is 699 g/mol. The number of carbonyl (C=O) groups excluding carboxylic acids is 3. The largest absolute Gasteiger partial charge is 0.469 e. The van der Waals surface area contributed by atoms with Crippen molar-refractivity contribution < 1.29 is 52.9 Å². The van der Waals surface area contributed by atoms with Crippen LogP contribution in [-0.2, 0) is 32.9 Å². The van der Waals surface area contributed by atoms with Crippen molar-refractivity contribution in [3.05, 3.63) is 60.8 Å². The molecule has 0 bridgehead atoms. The third-order valence-corrected chi connectivity index (χ3v) is 9.40. The van der Waals surface area contributed by atoms with E-state index in [4.69, 9.17) is 19.3 Å². The Hall–Kier alpha value is -2.66. The van der Waals surface area contributed by atoms with Crippen molar-refractivity contribution in [2.24, 2.45) is 11.8 Å². The Bertz CT molecular complexity index is 1200. The second kappa shape index (κ2) is 30.6. The fourth-order valence-electron chi connectivity index (χ4n) is 5.96. The van der Waals surface area contributed by atoms with Crippen molar-refractivity contribution in [2.75, 3.05) is 13.2 Å². The first kappa shape index (κ1) is 48.4. The normalized spacial score (nSPS) is 19.4. The maximum absolute atomic E-state index is 12.5. The van der Waals surface area contributed by atoms with E-state index in [2.05, 4.69) is 67.0 Å². The number of rotatable bonds is 31. The summed E-state index contributed by atoms with van der Waals surface area (Å²) >= 11 is 0. The van der Waals surface area contributed by atoms with E-state index >= 15 is 0 Å². The Morgan fingerprint density at radius 1 is 0.811 bits per heavy atom. The fraction of sp³-hybridized carbons (Fsp3) is 0.683. The molecule has 5 atom stereocenters. The Balaban J connectivity index is 2.33. The van der Waals surface area contributed by atoms with Crippen LogP contribution >= 0.6 is 7.82 Å². The van der Waals surface area contributed by atoms with Crippen LogP contribution in [0.4, 0.5) is 0 Å². The van der Waals surface area contributed by atoms with Gasteiger partial charge in [0.25, 0.3) is 0 Å². The van der Waals surface area contributed by atoms with Crippen LogP contribution in [0.3, 0.4) is 0 Å². The van der Waals surface area contributed by atoms with Gasteiger partial charge in [0.1, 0.15) is 12.4 Å². The van der Waals surface area contributed by atoms with Crippen LogP contribution in [0.1, 0.15) is 136 Å². The third kappa shape index (κ3) is 26.7. The molecule has 4 N–H and O–H groups in total. The number of aliphatic hydroxyl groups excluding tert-OH is 2. The highest BCUT2D eigenvalue weighted by molar-refractivity contribution is 7.46. The molecule has 1 fully saturated rings. The lowest BCUT2D eigenvalue weighted by Crippen LogP contribution is -2.29. The smallest absolute Gasteiger partial charge is 0.462 e. The lowest BCUT2D eigenvalue weighted by Gasteiger charge is -2.18. The van der Waals surface area contributed by atoms with Gasteiger partial charge >= 0.3 is 19.8 Å². The maximum Gasteiger partial charge on any atom is 0.469 e. The van der Waals surface area contributed by atoms with Gasteiger partial charge in [0, 0.05) is 31.1 Å². The first-order valence-electron chi connectivity index (χ1n) is 19.7. The van der Waals surface area contributed by atoms with Gasteiger partial charge in [-0.25, -0.2) is 4.57 Å². The lowest BCUT2D eigenvalue weighted by atomic mass is 9.88. The maximum atomic E-state index is 12.5. The molecular formula is C41H67O11P. The molecule has 0 radical (unpaired) electrons. The van der Waals surface area contributed by atoms with Gasteiger partial charge in [0.2, 0.25) is 0 Å². The van der Waals surface area contributed by atoms with E-state index in [0.29, 0.717) is 25.7 Å². The molecule has 0 aromatic carbocycles. The zero-order valence-electron chi connectivity index (χ0n) is 32.1. The minimum atomic E-state index is -4.83. The monoisotopic (exact) mass is 766 g/mol. The molecule has 0 saturated heterocycles. The molecule has 0 heterocycles. The summed E-state index contributed by atoms with van der Waals surface area (Å²) in [5.74, 6) is -1.65. The van der Waals surface area contributed by atoms with Crippen LogP contribution < -0.4 is 0 Å². The fourth-order valence-corrected chi connectivity index (χ4v) is 6.32. The Morgan fingerprint density at radius 3 is 2.09 bits per heavy atom. The van der Waals surface area contributed by atoms with Crippen molar-refractivity contribution in [2.45, 2.75) is 154 Å². The average molecular weight is 767 g/mol.